The topological polar surface area (TPSA) is 72.2 Å². The molecule has 0 aliphatic heterocycles. The van der Waals surface area contributed by atoms with Crippen LogP contribution in [0, 0.1) is 6.92 Å². The van der Waals surface area contributed by atoms with Gasteiger partial charge >= 0.3 is 0 Å². The summed E-state index contributed by atoms with van der Waals surface area (Å²) in [6, 6.07) is 2.78. The number of rotatable bonds is 6. The predicted octanol–water partition coefficient (Wildman–Crippen LogP) is 2.65. The van der Waals surface area contributed by atoms with E-state index < -0.39 is 10.0 Å². The summed E-state index contributed by atoms with van der Waals surface area (Å²) in [4.78, 5) is 0.153. The highest BCUT2D eigenvalue weighted by molar-refractivity contribution is 7.99. The Balaban J connectivity index is 2.95. The van der Waals surface area contributed by atoms with Crippen molar-refractivity contribution in [3.05, 3.63) is 22.7 Å². The lowest BCUT2D eigenvalue weighted by molar-refractivity contribution is 0.571. The molecule has 0 heterocycles. The first-order valence-corrected chi connectivity index (χ1v) is 8.95. The smallest absolute Gasteiger partial charge is 0.240 e. The van der Waals surface area contributed by atoms with Crippen LogP contribution in [0.25, 0.3) is 0 Å². The second kappa shape index (κ2) is 6.83. The van der Waals surface area contributed by atoms with Gasteiger partial charge < -0.3 is 5.73 Å². The molecule has 1 rings (SSSR count). The van der Waals surface area contributed by atoms with Crippen molar-refractivity contribution in [1.29, 1.82) is 0 Å². The Hall–Kier alpha value is -0.430. The van der Waals surface area contributed by atoms with Crippen LogP contribution in [-0.2, 0) is 10.0 Å². The lowest BCUT2D eigenvalue weighted by Crippen LogP contribution is -2.34. The molecule has 4 nitrogen and oxygen atoms in total. The number of thioether (sulfide) groups is 1. The van der Waals surface area contributed by atoms with Gasteiger partial charge in [0.15, 0.2) is 0 Å². The molecule has 1 atom stereocenters. The van der Waals surface area contributed by atoms with Gasteiger partial charge in [0.2, 0.25) is 10.0 Å². The van der Waals surface area contributed by atoms with Crippen molar-refractivity contribution in [2.75, 3.05) is 17.2 Å². The van der Waals surface area contributed by atoms with Crippen LogP contribution in [0.2, 0.25) is 5.02 Å². The number of anilines is 1. The predicted molar refractivity (Wildman–Crippen MR) is 83.4 cm³/mol. The molecule has 0 aromatic heterocycles. The molecule has 19 heavy (non-hydrogen) atoms. The van der Waals surface area contributed by atoms with E-state index in [1.54, 1.807) is 18.7 Å². The monoisotopic (exact) mass is 322 g/mol. The molecule has 0 saturated carbocycles. The quantitative estimate of drug-likeness (QED) is 0.790. The van der Waals surface area contributed by atoms with Crippen LogP contribution in [0.3, 0.4) is 0 Å². The average Bonchev–Trinajstić information content (AvgIpc) is 2.32. The minimum atomic E-state index is -3.55. The summed E-state index contributed by atoms with van der Waals surface area (Å²) in [5.41, 5.74) is 6.63. The zero-order chi connectivity index (χ0) is 14.6. The van der Waals surface area contributed by atoms with Gasteiger partial charge in [-0.25, -0.2) is 13.1 Å². The Labute approximate surface area is 124 Å². The number of aryl methyl sites for hydroxylation is 1. The maximum Gasteiger partial charge on any atom is 0.240 e. The standard InChI is InChI=1S/C12H19ClN2O2S2/c1-4-18-7-9(3)15-19(16,17)10-5-8(2)12(13)11(14)6-10/h5-6,9,15H,4,7,14H2,1-3H3. The minimum absolute atomic E-state index is 0.132. The van der Waals surface area contributed by atoms with Crippen LogP contribution in [0.15, 0.2) is 17.0 Å². The van der Waals surface area contributed by atoms with Crippen LogP contribution in [0.4, 0.5) is 5.69 Å². The molecule has 0 radical (unpaired) electrons. The molecular weight excluding hydrogens is 304 g/mol. The summed E-state index contributed by atoms with van der Waals surface area (Å²) >= 11 is 7.62. The lowest BCUT2D eigenvalue weighted by atomic mass is 10.2. The SMILES string of the molecule is CCSCC(C)NS(=O)(=O)c1cc(C)c(Cl)c(N)c1. The summed E-state index contributed by atoms with van der Waals surface area (Å²) in [5, 5.41) is 0.397. The van der Waals surface area contributed by atoms with Crippen LogP contribution in [0.1, 0.15) is 19.4 Å². The van der Waals surface area contributed by atoms with Crippen molar-refractivity contribution < 1.29 is 8.42 Å². The number of nitrogen functional groups attached to an aromatic ring is 1. The van der Waals surface area contributed by atoms with Gasteiger partial charge in [0.05, 0.1) is 15.6 Å². The average molecular weight is 323 g/mol. The molecule has 108 valence electrons. The van der Waals surface area contributed by atoms with E-state index in [1.807, 2.05) is 13.8 Å². The van der Waals surface area contributed by atoms with Gasteiger partial charge in [0.1, 0.15) is 0 Å². The summed E-state index contributed by atoms with van der Waals surface area (Å²) in [6.45, 7) is 5.61. The van der Waals surface area contributed by atoms with Gasteiger partial charge in [-0.3, -0.25) is 0 Å². The molecule has 1 aromatic rings. The van der Waals surface area contributed by atoms with Crippen LogP contribution in [0.5, 0.6) is 0 Å². The van der Waals surface area contributed by atoms with Crippen molar-refractivity contribution in [3.8, 4) is 0 Å². The second-order valence-electron chi connectivity index (χ2n) is 4.33. The fourth-order valence-corrected chi connectivity index (χ4v) is 3.83. The molecular formula is C12H19ClN2O2S2. The minimum Gasteiger partial charge on any atom is -0.397 e. The van der Waals surface area contributed by atoms with E-state index in [4.69, 9.17) is 17.3 Å². The van der Waals surface area contributed by atoms with Gasteiger partial charge in [-0.15, -0.1) is 0 Å². The molecule has 7 heteroatoms. The van der Waals surface area contributed by atoms with E-state index in [1.165, 1.54) is 12.1 Å². The highest BCUT2D eigenvalue weighted by atomic mass is 35.5. The highest BCUT2D eigenvalue weighted by Gasteiger charge is 2.19. The lowest BCUT2D eigenvalue weighted by Gasteiger charge is -2.15. The summed E-state index contributed by atoms with van der Waals surface area (Å²) < 4.78 is 27.0. The zero-order valence-electron chi connectivity index (χ0n) is 11.2. The van der Waals surface area contributed by atoms with Gasteiger partial charge in [-0.1, -0.05) is 18.5 Å². The van der Waals surface area contributed by atoms with E-state index in [0.29, 0.717) is 10.6 Å². The molecule has 0 bridgehead atoms. The maximum absolute atomic E-state index is 12.2. The Morgan fingerprint density at radius 3 is 2.63 bits per heavy atom. The Kier molecular flexibility index (Phi) is 5.98. The molecule has 0 fully saturated rings. The first kappa shape index (κ1) is 16.6. The molecule has 0 saturated heterocycles. The van der Waals surface area contributed by atoms with E-state index in [9.17, 15) is 8.42 Å². The fourth-order valence-electron chi connectivity index (χ4n) is 1.58. The van der Waals surface area contributed by atoms with E-state index in [-0.39, 0.29) is 16.6 Å². The third-order valence-electron chi connectivity index (χ3n) is 2.49. The summed E-state index contributed by atoms with van der Waals surface area (Å²) in [5.74, 6) is 1.69. The van der Waals surface area contributed by atoms with Gasteiger partial charge in [0, 0.05) is 11.8 Å². The molecule has 0 amide bonds. The number of hydrogen-bond donors (Lipinski definition) is 2. The molecule has 3 N–H and O–H groups in total. The second-order valence-corrected chi connectivity index (χ2v) is 7.74. The number of sulfonamides is 1. The van der Waals surface area contributed by atoms with E-state index in [0.717, 1.165) is 11.5 Å². The van der Waals surface area contributed by atoms with Crippen LogP contribution < -0.4 is 10.5 Å². The molecule has 0 aliphatic carbocycles. The maximum atomic E-state index is 12.2. The Morgan fingerprint density at radius 2 is 2.11 bits per heavy atom. The Morgan fingerprint density at radius 1 is 1.47 bits per heavy atom. The molecule has 1 unspecified atom stereocenters. The number of hydrogen-bond acceptors (Lipinski definition) is 4. The van der Waals surface area contributed by atoms with Crippen molar-refractivity contribution in [2.45, 2.75) is 31.7 Å². The fraction of sp³-hybridized carbons (Fsp3) is 0.500. The van der Waals surface area contributed by atoms with E-state index >= 15 is 0 Å². The van der Waals surface area contributed by atoms with Crippen molar-refractivity contribution in [2.24, 2.45) is 0 Å². The first-order chi connectivity index (χ1) is 8.77. The van der Waals surface area contributed by atoms with Crippen LogP contribution in [-0.4, -0.2) is 26.0 Å². The molecule has 0 spiro atoms. The third kappa shape index (κ3) is 4.56. The number of nitrogens with one attached hydrogen (secondary N) is 1. The first-order valence-electron chi connectivity index (χ1n) is 5.93. The number of halogens is 1. The largest absolute Gasteiger partial charge is 0.397 e. The van der Waals surface area contributed by atoms with Crippen molar-refractivity contribution in [3.63, 3.8) is 0 Å². The molecule has 1 aromatic carbocycles. The summed E-state index contributed by atoms with van der Waals surface area (Å²) in [6.07, 6.45) is 0. The van der Waals surface area contributed by atoms with Gasteiger partial charge in [-0.2, -0.15) is 11.8 Å². The van der Waals surface area contributed by atoms with Crippen LogP contribution >= 0.6 is 23.4 Å². The number of nitrogens with two attached hydrogens (primary N) is 1. The third-order valence-corrected chi connectivity index (χ3v) is 5.72. The van der Waals surface area contributed by atoms with Crippen molar-refractivity contribution in [1.82, 2.24) is 4.72 Å². The van der Waals surface area contributed by atoms with E-state index in [2.05, 4.69) is 4.72 Å². The summed E-state index contributed by atoms with van der Waals surface area (Å²) in [7, 11) is -3.55. The van der Waals surface area contributed by atoms with Gasteiger partial charge in [0.25, 0.3) is 0 Å². The van der Waals surface area contributed by atoms with Gasteiger partial charge in [-0.05, 0) is 37.3 Å². The highest BCUT2D eigenvalue weighted by Crippen LogP contribution is 2.26. The normalized spacial score (nSPS) is 13.5. The van der Waals surface area contributed by atoms with Crippen molar-refractivity contribution >= 4 is 39.1 Å². The Bertz CT molecular complexity index is 524. The molecule has 0 aliphatic rings. The zero-order valence-corrected chi connectivity index (χ0v) is 13.6. The number of benzene rings is 1.